The molecular formula is C34H24N9O2PS. The highest BCUT2D eigenvalue weighted by atomic mass is 32.2. The molecule has 13 heteroatoms. The molecule has 3 aromatic heterocycles. The quantitative estimate of drug-likeness (QED) is 0.193. The fraction of sp³-hybridized carbons (Fsp3) is 0.0588. The zero-order valence-electron chi connectivity index (χ0n) is 24.6. The number of sulfone groups is 1. The van der Waals surface area contributed by atoms with Crippen molar-refractivity contribution in [1.29, 1.82) is 0 Å². The Hall–Kier alpha value is -5.42. The van der Waals surface area contributed by atoms with Gasteiger partial charge in [-0.3, -0.25) is 5.09 Å². The molecule has 2 aliphatic heterocycles. The Morgan fingerprint density at radius 3 is 1.38 bits per heavy atom. The third-order valence-corrected chi connectivity index (χ3v) is 10.4. The Morgan fingerprint density at radius 1 is 0.532 bits per heavy atom. The van der Waals surface area contributed by atoms with Gasteiger partial charge in [-0.25, -0.2) is 38.3 Å². The van der Waals surface area contributed by atoms with E-state index < -0.39 is 9.84 Å². The van der Waals surface area contributed by atoms with Crippen LogP contribution in [0.25, 0.3) is 89.7 Å². The fourth-order valence-corrected chi connectivity index (χ4v) is 7.67. The molecule has 3 N–H and O–H groups in total. The van der Waals surface area contributed by atoms with E-state index in [9.17, 15) is 8.42 Å². The van der Waals surface area contributed by atoms with Crippen LogP contribution < -0.4 is 5.09 Å². The lowest BCUT2D eigenvalue weighted by Gasteiger charge is -2.06. The summed E-state index contributed by atoms with van der Waals surface area (Å²) in [6.45, 7) is 0.297. The van der Waals surface area contributed by atoms with E-state index in [0.29, 0.717) is 63.6 Å². The summed E-state index contributed by atoms with van der Waals surface area (Å²) in [4.78, 5) is 36.8. The summed E-state index contributed by atoms with van der Waals surface area (Å²) < 4.78 is 26.4. The maximum atomic E-state index is 13.2. The first kappa shape index (κ1) is 27.9. The number of aromatic amines is 2. The lowest BCUT2D eigenvalue weighted by molar-refractivity contribution is 0.595. The molecule has 9 rings (SSSR count). The van der Waals surface area contributed by atoms with E-state index in [2.05, 4.69) is 24.4 Å². The van der Waals surface area contributed by atoms with Gasteiger partial charge < -0.3 is 9.97 Å². The van der Waals surface area contributed by atoms with E-state index in [1.807, 2.05) is 72.8 Å². The molecule has 11 nitrogen and oxygen atoms in total. The van der Waals surface area contributed by atoms with Crippen LogP contribution in [-0.2, 0) is 9.84 Å². The number of nitrogens with zero attached hydrogens (tertiary/aromatic N) is 6. The van der Waals surface area contributed by atoms with E-state index >= 15 is 0 Å². The number of fused-ring (bicyclic) bond motifs is 20. The van der Waals surface area contributed by atoms with Crippen molar-refractivity contribution in [1.82, 2.24) is 45.0 Å². The number of hydrogen-bond acceptors (Lipinski definition) is 9. The second kappa shape index (κ2) is 10.6. The van der Waals surface area contributed by atoms with Crippen LogP contribution in [-0.4, -0.2) is 60.6 Å². The fourth-order valence-electron chi connectivity index (χ4n) is 6.13. The van der Waals surface area contributed by atoms with Crippen LogP contribution in [0.2, 0.25) is 0 Å². The Balaban J connectivity index is 1.43. The summed E-state index contributed by atoms with van der Waals surface area (Å²) in [6.07, 6.45) is 0. The predicted molar refractivity (Wildman–Crippen MR) is 186 cm³/mol. The molecule has 1 unspecified atom stereocenters. The Morgan fingerprint density at radius 2 is 0.936 bits per heavy atom. The molecule has 5 heterocycles. The molecule has 47 heavy (non-hydrogen) atoms. The van der Waals surface area contributed by atoms with Crippen molar-refractivity contribution in [2.75, 3.05) is 12.3 Å². The van der Waals surface area contributed by atoms with Gasteiger partial charge in [0.05, 0.1) is 10.6 Å². The van der Waals surface area contributed by atoms with Gasteiger partial charge in [-0.1, -0.05) is 82.2 Å². The molecule has 0 spiro atoms. The van der Waals surface area contributed by atoms with Gasteiger partial charge in [0.25, 0.3) is 0 Å². The summed E-state index contributed by atoms with van der Waals surface area (Å²) in [5.41, 5.74) is 5.27. The van der Waals surface area contributed by atoms with Gasteiger partial charge in [-0.05, 0) is 18.2 Å². The van der Waals surface area contributed by atoms with Crippen molar-refractivity contribution in [2.45, 2.75) is 4.90 Å². The number of nitrogens with one attached hydrogen (secondary N) is 3. The van der Waals surface area contributed by atoms with E-state index in [1.54, 1.807) is 18.2 Å². The Labute approximate surface area is 269 Å². The van der Waals surface area contributed by atoms with Crippen molar-refractivity contribution in [3.8, 4) is 45.6 Å². The zero-order valence-corrected chi connectivity index (χ0v) is 26.5. The largest absolute Gasteiger partial charge is 0.324 e. The summed E-state index contributed by atoms with van der Waals surface area (Å²) in [6, 6.07) is 28.6. The van der Waals surface area contributed by atoms with Crippen molar-refractivity contribution >= 4 is 63.4 Å². The van der Waals surface area contributed by atoms with Crippen molar-refractivity contribution in [3.63, 3.8) is 0 Å². The van der Waals surface area contributed by atoms with Gasteiger partial charge in [0, 0.05) is 50.3 Å². The van der Waals surface area contributed by atoms with Crippen LogP contribution in [0.1, 0.15) is 0 Å². The Bertz CT molecular complexity index is 2720. The molecule has 0 fully saturated rings. The van der Waals surface area contributed by atoms with Gasteiger partial charge in [-0.15, -0.1) is 0 Å². The number of rotatable bonds is 4. The van der Waals surface area contributed by atoms with Crippen LogP contribution in [0.3, 0.4) is 0 Å². The normalized spacial score (nSPS) is 12.4. The van der Waals surface area contributed by atoms with Crippen LogP contribution in [0.5, 0.6) is 0 Å². The topological polar surface area (TPSA) is 155 Å². The Kier molecular flexibility index (Phi) is 6.26. The number of hydrogen-bond donors (Lipinski definition) is 3. The first-order chi connectivity index (χ1) is 23.0. The number of H-pyrrole nitrogens is 2. The molecule has 0 radical (unpaired) electrons. The van der Waals surface area contributed by atoms with Gasteiger partial charge in [-0.2, -0.15) is 0 Å². The summed E-state index contributed by atoms with van der Waals surface area (Å²) in [5.74, 6) is 1.75. The van der Waals surface area contributed by atoms with Gasteiger partial charge in [0.15, 0.2) is 33.1 Å². The molecule has 1 atom stereocenters. The standard InChI is InChI=1S/C34H24N9O2PS/c44-47(45,16-15-35-46)18-13-14-25-26(17-18)34-42-32-24-12-6-5-11-23(24)30(40-32)38-28-20-8-2-1-7-19(20)27(36-28)37-29-21-9-3-4-10-22(21)31(39-29)41-33(25)43-34/h1-14,17,35H,15-16,46H2,(H2,36,37,38,39,40,41,42,43). The smallest absolute Gasteiger partial charge is 0.179 e. The van der Waals surface area contributed by atoms with E-state index in [-0.39, 0.29) is 10.6 Å². The lowest BCUT2D eigenvalue weighted by atomic mass is 10.1. The summed E-state index contributed by atoms with van der Waals surface area (Å²) >= 11 is 0. The maximum absolute atomic E-state index is 13.2. The van der Waals surface area contributed by atoms with Gasteiger partial charge in [0.2, 0.25) is 0 Å². The van der Waals surface area contributed by atoms with Crippen LogP contribution in [0.15, 0.2) is 95.9 Å². The van der Waals surface area contributed by atoms with Crippen molar-refractivity contribution in [3.05, 3.63) is 91.0 Å². The highest BCUT2D eigenvalue weighted by Gasteiger charge is 2.24. The third-order valence-electron chi connectivity index (χ3n) is 8.40. The molecule has 8 bridgehead atoms. The monoisotopic (exact) mass is 653 g/mol. The molecule has 228 valence electrons. The highest BCUT2D eigenvalue weighted by Crippen LogP contribution is 2.38. The number of benzene rings is 4. The number of aromatic nitrogens is 8. The molecule has 0 saturated heterocycles. The average Bonchev–Trinajstić information content (AvgIpc) is 3.83. The van der Waals surface area contributed by atoms with E-state index in [4.69, 9.17) is 29.9 Å². The van der Waals surface area contributed by atoms with Crippen LogP contribution >= 0.6 is 9.39 Å². The van der Waals surface area contributed by atoms with Crippen molar-refractivity contribution in [2.24, 2.45) is 0 Å². The SMILES string of the molecule is O=S(=O)(CCNP)c1ccc2c(c1)-c1nc-2nc2[nH]c(nc3nc(nc4[nH]c(n1)c1ccccc41)-c1ccccc1-3)c1ccccc21. The van der Waals surface area contributed by atoms with Crippen molar-refractivity contribution < 1.29 is 8.42 Å². The summed E-state index contributed by atoms with van der Waals surface area (Å²) in [7, 11) is -1.24. The van der Waals surface area contributed by atoms with Crippen LogP contribution in [0, 0.1) is 0 Å². The molecule has 7 aromatic rings. The third kappa shape index (κ3) is 4.52. The molecule has 2 aliphatic rings. The first-order valence-electron chi connectivity index (χ1n) is 14.9. The van der Waals surface area contributed by atoms with E-state index in [1.165, 1.54) is 0 Å². The maximum Gasteiger partial charge on any atom is 0.179 e. The van der Waals surface area contributed by atoms with E-state index in [0.717, 1.165) is 32.7 Å². The molecule has 0 saturated carbocycles. The highest BCUT2D eigenvalue weighted by molar-refractivity contribution is 7.91. The second-order valence-electron chi connectivity index (χ2n) is 11.2. The first-order valence-corrected chi connectivity index (χ1v) is 17.1. The molecular weight excluding hydrogens is 629 g/mol. The molecule has 4 aromatic carbocycles. The zero-order chi connectivity index (χ0) is 31.7. The minimum atomic E-state index is -3.58. The minimum Gasteiger partial charge on any atom is -0.324 e. The minimum absolute atomic E-state index is 0.0568. The van der Waals surface area contributed by atoms with Crippen LogP contribution in [0.4, 0.5) is 0 Å². The average molecular weight is 654 g/mol. The predicted octanol–water partition coefficient (Wildman–Crippen LogP) is 6.02. The summed E-state index contributed by atoms with van der Waals surface area (Å²) in [5, 5.41) is 6.25. The molecule has 0 aliphatic carbocycles. The van der Waals surface area contributed by atoms with Gasteiger partial charge in [0.1, 0.15) is 22.6 Å². The lowest BCUT2D eigenvalue weighted by Crippen LogP contribution is -2.16. The van der Waals surface area contributed by atoms with Gasteiger partial charge >= 0.3 is 0 Å². The second-order valence-corrected chi connectivity index (χ2v) is 13.7. The molecule has 0 amide bonds.